The molecule has 1 aliphatic heterocycles. The molecule has 2 atom stereocenters. The van der Waals surface area contributed by atoms with E-state index >= 15 is 0 Å². The van der Waals surface area contributed by atoms with Crippen molar-refractivity contribution in [2.24, 2.45) is 5.11 Å². The lowest BCUT2D eigenvalue weighted by Gasteiger charge is -2.37. The van der Waals surface area contributed by atoms with Crippen molar-refractivity contribution < 1.29 is 14.3 Å². The minimum atomic E-state index is -0.297. The van der Waals surface area contributed by atoms with Crippen LogP contribution in [0.5, 0.6) is 0 Å². The molecule has 0 amide bonds. The fraction of sp³-hybridized carbons (Fsp3) is 0.533. The largest absolute Gasteiger partial charge is 0.469 e. The first-order valence-electron chi connectivity index (χ1n) is 7.20. The van der Waals surface area contributed by atoms with Crippen LogP contribution >= 0.6 is 0 Å². The van der Waals surface area contributed by atoms with Gasteiger partial charge in [-0.3, -0.25) is 9.69 Å². The summed E-state index contributed by atoms with van der Waals surface area (Å²) in [5.41, 5.74) is 9.66. The molecule has 0 radical (unpaired) electrons. The fourth-order valence-corrected chi connectivity index (χ4v) is 2.59. The van der Waals surface area contributed by atoms with Crippen LogP contribution in [0.3, 0.4) is 0 Å². The lowest BCUT2D eigenvalue weighted by atomic mass is 10.1. The van der Waals surface area contributed by atoms with Gasteiger partial charge in [-0.2, -0.15) is 0 Å². The van der Waals surface area contributed by atoms with Crippen LogP contribution in [0.15, 0.2) is 35.4 Å². The number of rotatable bonds is 6. The number of hydrogen-bond acceptors (Lipinski definition) is 5. The summed E-state index contributed by atoms with van der Waals surface area (Å²) < 4.78 is 10.5. The zero-order chi connectivity index (χ0) is 15.8. The Labute approximate surface area is 129 Å². The standard InChI is InChI=1S/C15H20N4O3/c1-21-15(20)7-13-10-19(9-12-5-3-2-4-6-12)11-14(22-13)8-17-18-16/h2-6,13-14H,7-11H2,1H3/t13-,14+/m0/s1. The second-order valence-electron chi connectivity index (χ2n) is 5.25. The van der Waals surface area contributed by atoms with Gasteiger partial charge in [0.15, 0.2) is 0 Å². The Morgan fingerprint density at radius 2 is 2.14 bits per heavy atom. The van der Waals surface area contributed by atoms with Gasteiger partial charge in [0.05, 0.1) is 32.3 Å². The van der Waals surface area contributed by atoms with Crippen molar-refractivity contribution in [3.05, 3.63) is 46.3 Å². The van der Waals surface area contributed by atoms with E-state index in [1.807, 2.05) is 18.2 Å². The van der Waals surface area contributed by atoms with Gasteiger partial charge in [-0.25, -0.2) is 0 Å². The van der Waals surface area contributed by atoms with Crippen molar-refractivity contribution in [1.29, 1.82) is 0 Å². The third kappa shape index (κ3) is 5.04. The first kappa shape index (κ1) is 16.3. The molecule has 0 bridgehead atoms. The number of morpholine rings is 1. The highest BCUT2D eigenvalue weighted by Gasteiger charge is 2.29. The summed E-state index contributed by atoms with van der Waals surface area (Å²) in [5, 5.41) is 3.58. The molecule has 0 aliphatic carbocycles. The molecule has 1 aliphatic rings. The van der Waals surface area contributed by atoms with Crippen LogP contribution in [0, 0.1) is 0 Å². The summed E-state index contributed by atoms with van der Waals surface area (Å²) in [5.74, 6) is -0.297. The van der Waals surface area contributed by atoms with Gasteiger partial charge in [-0.1, -0.05) is 35.4 Å². The van der Waals surface area contributed by atoms with E-state index in [-0.39, 0.29) is 31.1 Å². The van der Waals surface area contributed by atoms with Crippen molar-refractivity contribution >= 4 is 5.97 Å². The molecular formula is C15H20N4O3. The highest BCUT2D eigenvalue weighted by molar-refractivity contribution is 5.69. The Bertz CT molecular complexity index is 531. The zero-order valence-electron chi connectivity index (χ0n) is 12.6. The summed E-state index contributed by atoms with van der Waals surface area (Å²) in [6.07, 6.45) is -0.249. The quantitative estimate of drug-likeness (QED) is 0.348. The third-order valence-electron chi connectivity index (χ3n) is 3.53. The van der Waals surface area contributed by atoms with E-state index in [4.69, 9.17) is 15.0 Å². The maximum Gasteiger partial charge on any atom is 0.308 e. The van der Waals surface area contributed by atoms with Gasteiger partial charge in [0.2, 0.25) is 0 Å². The minimum Gasteiger partial charge on any atom is -0.469 e. The van der Waals surface area contributed by atoms with Gasteiger partial charge >= 0.3 is 5.97 Å². The lowest BCUT2D eigenvalue weighted by molar-refractivity contribution is -0.149. The smallest absolute Gasteiger partial charge is 0.308 e. The van der Waals surface area contributed by atoms with Crippen molar-refractivity contribution in [1.82, 2.24) is 4.90 Å². The minimum absolute atomic E-state index is 0.203. The molecular weight excluding hydrogens is 284 g/mol. The Morgan fingerprint density at radius 1 is 1.41 bits per heavy atom. The van der Waals surface area contributed by atoms with E-state index in [1.165, 1.54) is 12.7 Å². The van der Waals surface area contributed by atoms with Crippen molar-refractivity contribution in [2.75, 3.05) is 26.7 Å². The number of nitrogens with zero attached hydrogens (tertiary/aromatic N) is 4. The van der Waals surface area contributed by atoms with E-state index in [1.54, 1.807) is 0 Å². The molecule has 7 heteroatoms. The summed E-state index contributed by atoms with van der Waals surface area (Å²) >= 11 is 0. The molecule has 1 aromatic carbocycles. The molecule has 1 heterocycles. The molecule has 2 rings (SSSR count). The Balaban J connectivity index is 2.00. The van der Waals surface area contributed by atoms with E-state index in [0.717, 1.165) is 6.54 Å². The van der Waals surface area contributed by atoms with E-state index in [2.05, 4.69) is 27.1 Å². The van der Waals surface area contributed by atoms with Crippen LogP contribution in [0.4, 0.5) is 0 Å². The van der Waals surface area contributed by atoms with Crippen LogP contribution in [-0.2, 0) is 20.8 Å². The normalized spacial score (nSPS) is 21.9. The number of carbonyl (C=O) groups excluding carboxylic acids is 1. The number of esters is 1. The average molecular weight is 304 g/mol. The highest BCUT2D eigenvalue weighted by Crippen LogP contribution is 2.17. The van der Waals surface area contributed by atoms with Gasteiger partial charge in [0.25, 0.3) is 0 Å². The van der Waals surface area contributed by atoms with Crippen LogP contribution in [0.2, 0.25) is 0 Å². The molecule has 0 aromatic heterocycles. The molecule has 0 N–H and O–H groups in total. The third-order valence-corrected chi connectivity index (χ3v) is 3.53. The van der Waals surface area contributed by atoms with Crippen LogP contribution < -0.4 is 0 Å². The molecule has 1 saturated heterocycles. The summed E-state index contributed by atoms with van der Waals surface area (Å²) in [7, 11) is 1.37. The number of carbonyl (C=O) groups is 1. The summed E-state index contributed by atoms with van der Waals surface area (Å²) in [6.45, 7) is 2.36. The topological polar surface area (TPSA) is 87.5 Å². The van der Waals surface area contributed by atoms with E-state index in [0.29, 0.717) is 13.1 Å². The van der Waals surface area contributed by atoms with Crippen LogP contribution in [0.1, 0.15) is 12.0 Å². The molecule has 118 valence electrons. The number of methoxy groups -OCH3 is 1. The number of azide groups is 1. The number of hydrogen-bond donors (Lipinski definition) is 0. The molecule has 1 fully saturated rings. The Kier molecular flexibility index (Phi) is 6.21. The summed E-state index contributed by atoms with van der Waals surface area (Å²) in [4.78, 5) is 16.5. The van der Waals surface area contributed by atoms with Gasteiger partial charge < -0.3 is 9.47 Å². The fourth-order valence-electron chi connectivity index (χ4n) is 2.59. The second-order valence-corrected chi connectivity index (χ2v) is 5.25. The van der Waals surface area contributed by atoms with Gasteiger partial charge in [0.1, 0.15) is 0 Å². The number of ether oxygens (including phenoxy) is 2. The first-order chi connectivity index (χ1) is 10.7. The lowest BCUT2D eigenvalue weighted by Crippen LogP contribution is -2.48. The number of benzene rings is 1. The highest BCUT2D eigenvalue weighted by atomic mass is 16.5. The van der Waals surface area contributed by atoms with Crippen LogP contribution in [-0.4, -0.2) is 49.8 Å². The van der Waals surface area contributed by atoms with Crippen molar-refractivity contribution in [3.8, 4) is 0 Å². The predicted octanol–water partition coefficient (Wildman–Crippen LogP) is 2.13. The average Bonchev–Trinajstić information content (AvgIpc) is 2.53. The molecule has 1 aromatic rings. The van der Waals surface area contributed by atoms with E-state index < -0.39 is 0 Å². The Hall–Kier alpha value is -2.08. The molecule has 0 saturated carbocycles. The summed E-state index contributed by atoms with van der Waals surface area (Å²) in [6, 6.07) is 10.1. The van der Waals surface area contributed by atoms with Gasteiger partial charge in [-0.15, -0.1) is 0 Å². The first-order valence-corrected chi connectivity index (χ1v) is 7.20. The molecule has 0 unspecified atom stereocenters. The van der Waals surface area contributed by atoms with Gasteiger partial charge in [-0.05, 0) is 11.1 Å². The zero-order valence-corrected chi connectivity index (χ0v) is 12.6. The van der Waals surface area contributed by atoms with Crippen LogP contribution in [0.25, 0.3) is 10.4 Å². The van der Waals surface area contributed by atoms with Crippen molar-refractivity contribution in [3.63, 3.8) is 0 Å². The van der Waals surface area contributed by atoms with E-state index in [9.17, 15) is 4.79 Å². The van der Waals surface area contributed by atoms with Gasteiger partial charge in [0, 0.05) is 24.5 Å². The maximum absolute atomic E-state index is 11.5. The predicted molar refractivity (Wildman–Crippen MR) is 81.0 cm³/mol. The molecule has 0 spiro atoms. The second kappa shape index (κ2) is 8.38. The van der Waals surface area contributed by atoms with Crippen molar-refractivity contribution in [2.45, 2.75) is 25.2 Å². The monoisotopic (exact) mass is 304 g/mol. The SMILES string of the molecule is COC(=O)C[C@H]1CN(Cc2ccccc2)C[C@@H](CN=[N+]=[N-])O1. The Morgan fingerprint density at radius 3 is 2.82 bits per heavy atom. The maximum atomic E-state index is 11.5. The molecule has 22 heavy (non-hydrogen) atoms. The molecule has 7 nitrogen and oxygen atoms in total.